The van der Waals surface area contributed by atoms with Crippen molar-refractivity contribution in [2.24, 2.45) is 4.99 Å². The second kappa shape index (κ2) is 5.89. The molecule has 102 valence electrons. The van der Waals surface area contributed by atoms with Crippen LogP contribution in [0, 0.1) is 0 Å². The molecule has 0 radical (unpaired) electrons. The van der Waals surface area contributed by atoms with Crippen LogP contribution >= 0.6 is 0 Å². The van der Waals surface area contributed by atoms with Crippen molar-refractivity contribution < 1.29 is 4.42 Å². The van der Waals surface area contributed by atoms with E-state index < -0.39 is 0 Å². The first-order valence-electron chi connectivity index (χ1n) is 6.25. The lowest BCUT2D eigenvalue weighted by Gasteiger charge is -2.16. The Morgan fingerprint density at radius 2 is 2.11 bits per heavy atom. The van der Waals surface area contributed by atoms with Gasteiger partial charge in [0.05, 0.1) is 6.20 Å². The first-order chi connectivity index (χ1) is 8.34. The van der Waals surface area contributed by atoms with Gasteiger partial charge in [0.25, 0.3) is 0 Å². The fourth-order valence-electron chi connectivity index (χ4n) is 1.39. The molecule has 1 aromatic heterocycles. The van der Waals surface area contributed by atoms with E-state index >= 15 is 0 Å². The third-order valence-electron chi connectivity index (χ3n) is 2.42. The van der Waals surface area contributed by atoms with Gasteiger partial charge in [-0.3, -0.25) is 0 Å². The number of rotatable bonds is 3. The maximum Gasteiger partial charge on any atom is 0.216 e. The van der Waals surface area contributed by atoms with Crippen molar-refractivity contribution in [3.8, 4) is 0 Å². The highest BCUT2D eigenvalue weighted by Crippen LogP contribution is 2.22. The van der Waals surface area contributed by atoms with Gasteiger partial charge in [0.1, 0.15) is 12.3 Å². The molecule has 0 saturated heterocycles. The number of hydrogen-bond donors (Lipinski definition) is 1. The average molecular weight is 252 g/mol. The highest BCUT2D eigenvalue weighted by molar-refractivity contribution is 5.79. The van der Waals surface area contributed by atoms with Gasteiger partial charge in [0, 0.05) is 26.1 Å². The lowest BCUT2D eigenvalue weighted by Crippen LogP contribution is -2.36. The number of aliphatic imine (C=N–C) groups is 1. The number of nitrogens with one attached hydrogen (secondary N) is 1. The molecule has 0 aliphatic rings. The fourth-order valence-corrected chi connectivity index (χ4v) is 1.39. The van der Waals surface area contributed by atoms with Crippen molar-refractivity contribution in [2.75, 3.05) is 20.6 Å². The van der Waals surface area contributed by atoms with Crippen molar-refractivity contribution in [1.29, 1.82) is 0 Å². The Balaban J connectivity index is 2.73. The van der Waals surface area contributed by atoms with Gasteiger partial charge >= 0.3 is 0 Å². The van der Waals surface area contributed by atoms with E-state index in [2.05, 4.69) is 36.1 Å². The minimum Gasteiger partial charge on any atom is -0.443 e. The van der Waals surface area contributed by atoms with E-state index in [4.69, 9.17) is 4.42 Å². The zero-order chi connectivity index (χ0) is 13.8. The van der Waals surface area contributed by atoms with Crippen LogP contribution in [0.5, 0.6) is 0 Å². The Hall–Kier alpha value is -1.52. The molecular formula is C13H24N4O. The highest BCUT2D eigenvalue weighted by Gasteiger charge is 2.18. The maximum absolute atomic E-state index is 5.69. The van der Waals surface area contributed by atoms with Gasteiger partial charge < -0.3 is 14.6 Å². The van der Waals surface area contributed by atoms with E-state index in [-0.39, 0.29) is 5.41 Å². The van der Waals surface area contributed by atoms with E-state index in [1.165, 1.54) is 0 Å². The van der Waals surface area contributed by atoms with Gasteiger partial charge in [-0.2, -0.15) is 0 Å². The van der Waals surface area contributed by atoms with Gasteiger partial charge in [0.15, 0.2) is 5.96 Å². The summed E-state index contributed by atoms with van der Waals surface area (Å²) < 4.78 is 5.69. The summed E-state index contributed by atoms with van der Waals surface area (Å²) in [5.41, 5.74) is -0.0129. The highest BCUT2D eigenvalue weighted by atomic mass is 16.4. The predicted molar refractivity (Wildman–Crippen MR) is 73.7 cm³/mol. The van der Waals surface area contributed by atoms with Crippen molar-refractivity contribution in [1.82, 2.24) is 15.2 Å². The van der Waals surface area contributed by atoms with Crippen LogP contribution in [0.2, 0.25) is 0 Å². The van der Waals surface area contributed by atoms with Gasteiger partial charge in [-0.05, 0) is 6.92 Å². The molecule has 0 spiro atoms. The van der Waals surface area contributed by atoms with Crippen molar-refractivity contribution in [3.63, 3.8) is 0 Å². The molecule has 18 heavy (non-hydrogen) atoms. The molecule has 5 heteroatoms. The summed E-state index contributed by atoms with van der Waals surface area (Å²) in [5.74, 6) is 2.38. The number of aromatic nitrogens is 1. The van der Waals surface area contributed by atoms with E-state index in [9.17, 15) is 0 Å². The van der Waals surface area contributed by atoms with E-state index in [0.29, 0.717) is 12.4 Å². The summed E-state index contributed by atoms with van der Waals surface area (Å²) in [4.78, 5) is 10.6. The zero-order valence-electron chi connectivity index (χ0n) is 12.2. The lowest BCUT2D eigenvalue weighted by molar-refractivity contribution is 0.383. The maximum atomic E-state index is 5.69. The summed E-state index contributed by atoms with van der Waals surface area (Å²) in [7, 11) is 3.91. The molecule has 0 amide bonds. The number of nitrogens with zero attached hydrogens (tertiary/aromatic N) is 3. The Morgan fingerprint density at radius 1 is 1.44 bits per heavy atom. The Labute approximate surface area is 109 Å². The number of guanidine groups is 1. The van der Waals surface area contributed by atoms with E-state index in [1.54, 1.807) is 6.20 Å². The Bertz CT molecular complexity index is 401. The predicted octanol–water partition coefficient (Wildman–Crippen LogP) is 2.00. The quantitative estimate of drug-likeness (QED) is 0.660. The van der Waals surface area contributed by atoms with Crippen LogP contribution in [-0.4, -0.2) is 36.5 Å². The summed E-state index contributed by atoms with van der Waals surface area (Å²) in [6.07, 6.45) is 1.79. The molecule has 0 saturated carbocycles. The second-order valence-electron chi connectivity index (χ2n) is 5.43. The molecule has 0 fully saturated rings. The summed E-state index contributed by atoms with van der Waals surface area (Å²) in [6, 6.07) is 0. The minimum atomic E-state index is -0.0129. The molecular weight excluding hydrogens is 228 g/mol. The molecule has 0 atom stereocenters. The van der Waals surface area contributed by atoms with Crippen molar-refractivity contribution in [2.45, 2.75) is 39.7 Å². The smallest absolute Gasteiger partial charge is 0.216 e. The zero-order valence-corrected chi connectivity index (χ0v) is 12.2. The first kappa shape index (κ1) is 14.5. The van der Waals surface area contributed by atoms with Crippen molar-refractivity contribution in [3.05, 3.63) is 17.8 Å². The van der Waals surface area contributed by atoms with Crippen LogP contribution in [0.25, 0.3) is 0 Å². The molecule has 1 aromatic rings. The fraction of sp³-hybridized carbons (Fsp3) is 0.692. The molecule has 0 aromatic carbocycles. The van der Waals surface area contributed by atoms with E-state index in [0.717, 1.165) is 18.3 Å². The molecule has 1 rings (SSSR count). The molecule has 5 nitrogen and oxygen atoms in total. The number of hydrogen-bond acceptors (Lipinski definition) is 3. The standard InChI is InChI=1S/C13H24N4O/c1-7-14-12(17(5)6)16-9-11-15-8-10(18-11)13(2,3)4/h8H,7,9H2,1-6H3,(H,14,16). The van der Waals surface area contributed by atoms with Crippen LogP contribution in [0.4, 0.5) is 0 Å². The first-order valence-corrected chi connectivity index (χ1v) is 6.25. The normalized spacial score (nSPS) is 12.7. The van der Waals surface area contributed by atoms with Crippen LogP contribution < -0.4 is 5.32 Å². The van der Waals surface area contributed by atoms with Gasteiger partial charge in [-0.15, -0.1) is 0 Å². The minimum absolute atomic E-state index is 0.0129. The summed E-state index contributed by atoms with van der Waals surface area (Å²) in [5, 5.41) is 3.20. The van der Waals surface area contributed by atoms with Crippen molar-refractivity contribution >= 4 is 5.96 Å². The summed E-state index contributed by atoms with van der Waals surface area (Å²) >= 11 is 0. The molecule has 0 aliphatic carbocycles. The van der Waals surface area contributed by atoms with Gasteiger partial charge in [-0.1, -0.05) is 20.8 Å². The Morgan fingerprint density at radius 3 is 2.56 bits per heavy atom. The molecule has 1 heterocycles. The molecule has 0 unspecified atom stereocenters. The van der Waals surface area contributed by atoms with Gasteiger partial charge in [0.2, 0.25) is 5.89 Å². The molecule has 1 N–H and O–H groups in total. The molecule has 0 aliphatic heterocycles. The SMILES string of the molecule is CCNC(=NCc1ncc(C(C)(C)C)o1)N(C)C. The second-order valence-corrected chi connectivity index (χ2v) is 5.43. The third-order valence-corrected chi connectivity index (χ3v) is 2.42. The third kappa shape index (κ3) is 4.05. The van der Waals surface area contributed by atoms with E-state index in [1.807, 2.05) is 25.9 Å². The van der Waals surface area contributed by atoms with Crippen LogP contribution in [0.3, 0.4) is 0 Å². The Kier molecular flexibility index (Phi) is 4.76. The van der Waals surface area contributed by atoms with Gasteiger partial charge in [-0.25, -0.2) is 9.98 Å². The lowest BCUT2D eigenvalue weighted by atomic mass is 9.94. The monoisotopic (exact) mass is 252 g/mol. The summed E-state index contributed by atoms with van der Waals surface area (Å²) in [6.45, 7) is 9.65. The topological polar surface area (TPSA) is 53.7 Å². The van der Waals surface area contributed by atoms with Crippen LogP contribution in [0.1, 0.15) is 39.3 Å². The number of oxazole rings is 1. The van der Waals surface area contributed by atoms with Crippen LogP contribution in [-0.2, 0) is 12.0 Å². The average Bonchev–Trinajstić information content (AvgIpc) is 2.71. The largest absolute Gasteiger partial charge is 0.443 e. The molecule has 0 bridgehead atoms. The van der Waals surface area contributed by atoms with Crippen LogP contribution in [0.15, 0.2) is 15.6 Å².